The second-order valence-electron chi connectivity index (χ2n) is 6.91. The van der Waals surface area contributed by atoms with E-state index in [0.29, 0.717) is 17.6 Å². The van der Waals surface area contributed by atoms with Crippen molar-refractivity contribution in [1.29, 1.82) is 0 Å². The summed E-state index contributed by atoms with van der Waals surface area (Å²) >= 11 is 0. The molecule has 1 N–H and O–H groups in total. The highest BCUT2D eigenvalue weighted by Gasteiger charge is 2.27. The Hall–Kier alpha value is -2.63. The van der Waals surface area contributed by atoms with Crippen LogP contribution in [0.5, 0.6) is 0 Å². The molecule has 0 aliphatic carbocycles. The van der Waals surface area contributed by atoms with Gasteiger partial charge >= 0.3 is 0 Å². The van der Waals surface area contributed by atoms with Gasteiger partial charge in [0.15, 0.2) is 0 Å². The maximum atomic E-state index is 12.9. The molecule has 1 saturated heterocycles. The molecule has 1 atom stereocenters. The largest absolute Gasteiger partial charge is 0.378 e. The normalized spacial score (nSPS) is 17.0. The van der Waals surface area contributed by atoms with Gasteiger partial charge in [-0.1, -0.05) is 6.92 Å². The molecule has 1 unspecified atom stereocenters. The van der Waals surface area contributed by atoms with Crippen molar-refractivity contribution < 1.29 is 4.79 Å². The molecule has 1 aromatic heterocycles. The number of carbonyl (C=O) groups excluding carboxylic acids is 1. The topological polar surface area (TPSA) is 61.4 Å². The molecule has 1 aromatic carbocycles. The fourth-order valence-electron chi connectivity index (χ4n) is 3.37. The predicted molar refractivity (Wildman–Crippen MR) is 105 cm³/mol. The Kier molecular flexibility index (Phi) is 5.71. The summed E-state index contributed by atoms with van der Waals surface area (Å²) in [5.41, 5.74) is 2.51. The van der Waals surface area contributed by atoms with Crippen LogP contribution in [0.25, 0.3) is 0 Å². The Bertz CT molecular complexity index is 744. The highest BCUT2D eigenvalue weighted by Crippen LogP contribution is 2.23. The molecule has 3 rings (SSSR count). The van der Waals surface area contributed by atoms with Crippen LogP contribution in [0.2, 0.25) is 0 Å². The predicted octanol–water partition coefficient (Wildman–Crippen LogP) is 3.69. The second-order valence-corrected chi connectivity index (χ2v) is 6.91. The molecular weight excluding hydrogens is 326 g/mol. The van der Waals surface area contributed by atoms with Crippen molar-refractivity contribution in [2.24, 2.45) is 0 Å². The minimum atomic E-state index is 0.00459. The molecule has 6 heteroatoms. The average Bonchev–Trinajstić information content (AvgIpc) is 2.68. The van der Waals surface area contributed by atoms with Crippen molar-refractivity contribution in [3.8, 4) is 0 Å². The first-order valence-electron chi connectivity index (χ1n) is 9.26. The zero-order chi connectivity index (χ0) is 18.5. The van der Waals surface area contributed by atoms with Crippen LogP contribution >= 0.6 is 0 Å². The number of rotatable bonds is 5. The number of hydrogen-bond donors (Lipinski definition) is 1. The molecule has 138 valence electrons. The third-order valence-corrected chi connectivity index (χ3v) is 4.90. The summed E-state index contributed by atoms with van der Waals surface area (Å²) < 4.78 is 0. The van der Waals surface area contributed by atoms with Crippen molar-refractivity contribution >= 4 is 23.1 Å². The highest BCUT2D eigenvalue weighted by molar-refractivity contribution is 5.93. The van der Waals surface area contributed by atoms with E-state index in [-0.39, 0.29) is 5.91 Å². The molecule has 0 bridgehead atoms. The van der Waals surface area contributed by atoms with Crippen molar-refractivity contribution in [3.63, 3.8) is 0 Å². The maximum absolute atomic E-state index is 12.9. The number of carbonyl (C=O) groups is 1. The minimum Gasteiger partial charge on any atom is -0.378 e. The first-order chi connectivity index (χ1) is 12.6. The molecule has 2 heterocycles. The number of piperidine rings is 1. The van der Waals surface area contributed by atoms with Crippen LogP contribution in [0.4, 0.5) is 17.2 Å². The van der Waals surface area contributed by atoms with Gasteiger partial charge in [0.25, 0.3) is 5.91 Å². The summed E-state index contributed by atoms with van der Waals surface area (Å²) in [6, 6.07) is 10.1. The third-order valence-electron chi connectivity index (χ3n) is 4.90. The Morgan fingerprint density at radius 2 is 2.00 bits per heavy atom. The van der Waals surface area contributed by atoms with E-state index in [0.717, 1.165) is 37.2 Å². The summed E-state index contributed by atoms with van der Waals surface area (Å²) in [4.78, 5) is 25.4. The van der Waals surface area contributed by atoms with Crippen molar-refractivity contribution in [1.82, 2.24) is 14.9 Å². The molecule has 1 amide bonds. The van der Waals surface area contributed by atoms with Gasteiger partial charge in [0.1, 0.15) is 17.8 Å². The Morgan fingerprint density at radius 1 is 1.23 bits per heavy atom. The second kappa shape index (κ2) is 8.17. The summed E-state index contributed by atoms with van der Waals surface area (Å²) in [6.07, 6.45) is 5.78. The molecule has 26 heavy (non-hydrogen) atoms. The Morgan fingerprint density at radius 3 is 2.69 bits per heavy atom. The maximum Gasteiger partial charge on any atom is 0.272 e. The van der Waals surface area contributed by atoms with E-state index in [1.165, 1.54) is 12.7 Å². The Balaban J connectivity index is 1.74. The van der Waals surface area contributed by atoms with Gasteiger partial charge in [-0.3, -0.25) is 4.79 Å². The molecule has 0 spiro atoms. The quantitative estimate of drug-likeness (QED) is 0.888. The van der Waals surface area contributed by atoms with Crippen LogP contribution < -0.4 is 10.2 Å². The van der Waals surface area contributed by atoms with Crippen molar-refractivity contribution in [3.05, 3.63) is 42.4 Å². The SMILES string of the molecule is CCC1CCCCN1C(=O)c1cc(Nc2ccc(N(C)C)cc2)ncn1. The van der Waals surface area contributed by atoms with Gasteiger partial charge in [-0.25, -0.2) is 9.97 Å². The monoisotopic (exact) mass is 353 g/mol. The third kappa shape index (κ3) is 4.12. The lowest BCUT2D eigenvalue weighted by Gasteiger charge is -2.35. The lowest BCUT2D eigenvalue weighted by Crippen LogP contribution is -2.43. The minimum absolute atomic E-state index is 0.00459. The zero-order valence-corrected chi connectivity index (χ0v) is 15.8. The molecule has 1 fully saturated rings. The van der Waals surface area contributed by atoms with Gasteiger partial charge in [0, 0.05) is 44.1 Å². The molecule has 0 radical (unpaired) electrons. The smallest absolute Gasteiger partial charge is 0.272 e. The molecule has 0 saturated carbocycles. The first-order valence-corrected chi connectivity index (χ1v) is 9.26. The first kappa shape index (κ1) is 18.2. The van der Waals surface area contributed by atoms with Gasteiger partial charge in [0.2, 0.25) is 0 Å². The summed E-state index contributed by atoms with van der Waals surface area (Å²) in [5, 5.41) is 3.25. The molecule has 6 nitrogen and oxygen atoms in total. The van der Waals surface area contributed by atoms with Crippen LogP contribution in [-0.2, 0) is 0 Å². The number of hydrogen-bond acceptors (Lipinski definition) is 5. The van der Waals surface area contributed by atoms with E-state index in [9.17, 15) is 4.79 Å². The lowest BCUT2D eigenvalue weighted by atomic mass is 9.99. The number of aromatic nitrogens is 2. The van der Waals surface area contributed by atoms with Crippen LogP contribution in [0.1, 0.15) is 43.1 Å². The fraction of sp³-hybridized carbons (Fsp3) is 0.450. The van der Waals surface area contributed by atoms with Crippen molar-refractivity contribution in [2.45, 2.75) is 38.6 Å². The van der Waals surface area contributed by atoms with Gasteiger partial charge in [0.05, 0.1) is 0 Å². The lowest BCUT2D eigenvalue weighted by molar-refractivity contribution is 0.0602. The molecule has 1 aliphatic heterocycles. The van der Waals surface area contributed by atoms with E-state index in [2.05, 4.69) is 22.2 Å². The summed E-state index contributed by atoms with van der Waals surface area (Å²) in [5.74, 6) is 0.635. The fourth-order valence-corrected chi connectivity index (χ4v) is 3.37. The summed E-state index contributed by atoms with van der Waals surface area (Å²) in [7, 11) is 4.02. The number of nitrogens with one attached hydrogen (secondary N) is 1. The van der Waals surface area contributed by atoms with E-state index in [1.807, 2.05) is 48.2 Å². The van der Waals surface area contributed by atoms with Crippen LogP contribution in [0.3, 0.4) is 0 Å². The van der Waals surface area contributed by atoms with E-state index < -0.39 is 0 Å². The molecular formula is C20H27N5O. The molecule has 1 aliphatic rings. The van der Waals surface area contributed by atoms with Crippen molar-refractivity contribution in [2.75, 3.05) is 30.9 Å². The Labute approximate surface area is 155 Å². The number of likely N-dealkylation sites (tertiary alicyclic amines) is 1. The number of benzene rings is 1. The van der Waals surface area contributed by atoms with Gasteiger partial charge in [-0.15, -0.1) is 0 Å². The van der Waals surface area contributed by atoms with Crippen LogP contribution in [0.15, 0.2) is 36.7 Å². The number of nitrogens with zero attached hydrogens (tertiary/aromatic N) is 4. The zero-order valence-electron chi connectivity index (χ0n) is 15.8. The van der Waals surface area contributed by atoms with Crippen LogP contribution in [0, 0.1) is 0 Å². The van der Waals surface area contributed by atoms with E-state index in [4.69, 9.17) is 0 Å². The summed E-state index contributed by atoms with van der Waals surface area (Å²) in [6.45, 7) is 2.96. The standard InChI is InChI=1S/C20H27N5O/c1-4-16-7-5-6-12-25(16)20(26)18-13-19(22-14-21-18)23-15-8-10-17(11-9-15)24(2)3/h8-11,13-14,16H,4-7,12H2,1-3H3,(H,21,22,23). The number of anilines is 3. The van der Waals surface area contributed by atoms with Gasteiger partial charge in [-0.2, -0.15) is 0 Å². The van der Waals surface area contributed by atoms with Gasteiger partial charge < -0.3 is 15.1 Å². The number of amides is 1. The molecule has 2 aromatic rings. The van der Waals surface area contributed by atoms with E-state index >= 15 is 0 Å². The highest BCUT2D eigenvalue weighted by atomic mass is 16.2. The van der Waals surface area contributed by atoms with Gasteiger partial charge in [-0.05, 0) is 49.9 Å². The van der Waals surface area contributed by atoms with E-state index in [1.54, 1.807) is 6.07 Å². The average molecular weight is 353 g/mol. The van der Waals surface area contributed by atoms with Crippen LogP contribution in [-0.4, -0.2) is 47.5 Å².